The Morgan fingerprint density at radius 2 is 0.486 bits per heavy atom. The minimum atomic E-state index is -0.960. The maximum absolute atomic E-state index is 7.16. The first kappa shape index (κ1) is 57.1. The van der Waals surface area contributed by atoms with Crippen LogP contribution in [0.5, 0.6) is 11.5 Å². The Hall–Kier alpha value is -4.22. The Labute approximate surface area is 442 Å². The van der Waals surface area contributed by atoms with Crippen LogP contribution in [0.3, 0.4) is 0 Å². The van der Waals surface area contributed by atoms with Crippen LogP contribution in [0.15, 0.2) is 158 Å². The minimum Gasteiger partial charge on any atom is -0.493 e. The quantitative estimate of drug-likeness (QED) is 0.0283. The van der Waals surface area contributed by atoms with Crippen molar-refractivity contribution < 1.29 is 9.47 Å². The van der Waals surface area contributed by atoms with Gasteiger partial charge in [-0.05, 0) is 72.6 Å². The normalized spacial score (nSPS) is 11.4. The number of hydrogen-bond donors (Lipinski definition) is 0. The van der Waals surface area contributed by atoms with E-state index in [1.54, 1.807) is 0 Å². The zero-order chi connectivity index (χ0) is 49.9. The van der Waals surface area contributed by atoms with E-state index < -0.39 is 15.8 Å². The van der Waals surface area contributed by atoms with Crippen molar-refractivity contribution in [3.05, 3.63) is 158 Å². The van der Waals surface area contributed by atoms with Gasteiger partial charge in [0.25, 0.3) is 0 Å². The van der Waals surface area contributed by atoms with E-state index in [-0.39, 0.29) is 0 Å². The predicted molar refractivity (Wildman–Crippen MR) is 321 cm³/mol. The molecule has 0 aliphatic rings. The van der Waals surface area contributed by atoms with Crippen LogP contribution < -0.4 is 41.3 Å². The van der Waals surface area contributed by atoms with Gasteiger partial charge in [0.2, 0.25) is 0 Å². The number of hydrogen-bond acceptors (Lipinski definition) is 2. The molecule has 0 aromatic heterocycles. The molecule has 6 rings (SSSR count). The summed E-state index contributed by atoms with van der Waals surface area (Å²) in [6.45, 7) is 6.01. The maximum atomic E-state index is 7.16. The first-order valence-electron chi connectivity index (χ1n) is 29.1. The molecule has 0 heterocycles. The molecule has 72 heavy (non-hydrogen) atoms. The van der Waals surface area contributed by atoms with Crippen molar-refractivity contribution in [1.82, 2.24) is 0 Å². The summed E-state index contributed by atoms with van der Waals surface area (Å²) >= 11 is 0. The van der Waals surface area contributed by atoms with Gasteiger partial charge in [-0.3, -0.25) is 0 Å². The number of unbranched alkanes of at least 4 members (excludes halogenated alkanes) is 26. The van der Waals surface area contributed by atoms with Gasteiger partial charge >= 0.3 is 0 Å². The second kappa shape index (κ2) is 35.8. The van der Waals surface area contributed by atoms with Gasteiger partial charge in [0, 0.05) is 11.1 Å². The summed E-state index contributed by atoms with van der Waals surface area (Å²) in [7, 11) is -1.92. The van der Waals surface area contributed by atoms with Gasteiger partial charge in [-0.25, -0.2) is 0 Å². The van der Waals surface area contributed by atoms with Crippen LogP contribution >= 0.6 is 15.8 Å². The molecule has 0 aliphatic carbocycles. The smallest absolute Gasteiger partial charge is 0.127 e. The first-order chi connectivity index (χ1) is 35.8. The van der Waals surface area contributed by atoms with Crippen molar-refractivity contribution in [3.63, 3.8) is 0 Å². The lowest BCUT2D eigenvalue weighted by Gasteiger charge is -2.29. The average Bonchev–Trinajstić information content (AvgIpc) is 3.42. The zero-order valence-electron chi connectivity index (χ0n) is 44.9. The van der Waals surface area contributed by atoms with Crippen LogP contribution in [0.25, 0.3) is 11.1 Å². The highest BCUT2D eigenvalue weighted by Crippen LogP contribution is 2.47. The molecular formula is C68H92O2P2. The van der Waals surface area contributed by atoms with Gasteiger partial charge in [0.15, 0.2) is 0 Å². The molecule has 0 fully saturated rings. The van der Waals surface area contributed by atoms with E-state index in [1.807, 2.05) is 0 Å². The number of ether oxygens (including phenoxy) is 2. The summed E-state index contributed by atoms with van der Waals surface area (Å²) in [6, 6.07) is 58.5. The summed E-state index contributed by atoms with van der Waals surface area (Å²) in [5.41, 5.74) is 2.38. The van der Waals surface area contributed by atoms with Crippen LogP contribution in [0, 0.1) is 0 Å². The largest absolute Gasteiger partial charge is 0.493 e. The van der Waals surface area contributed by atoms with Crippen molar-refractivity contribution in [1.29, 1.82) is 0 Å². The van der Waals surface area contributed by atoms with Gasteiger partial charge in [0.1, 0.15) is 11.5 Å². The van der Waals surface area contributed by atoms with Gasteiger partial charge in [0.05, 0.1) is 13.2 Å². The summed E-state index contributed by atoms with van der Waals surface area (Å²) in [6.07, 6.45) is 37.6. The van der Waals surface area contributed by atoms with E-state index in [4.69, 9.17) is 9.47 Å². The summed E-state index contributed by atoms with van der Waals surface area (Å²) < 4.78 is 14.3. The van der Waals surface area contributed by atoms with Gasteiger partial charge in [-0.15, -0.1) is 0 Å². The molecule has 0 amide bonds. The van der Waals surface area contributed by atoms with E-state index in [9.17, 15) is 0 Å². The SMILES string of the molecule is CCCCCCCCCCCCCCCCOc1cccc(P(c2ccccc2)c2ccccc2)c1-c1c(OCCCCCCCCCCCCCCCC)cccc1P(c1ccccc1)c1ccccc1. The fraction of sp³-hybridized carbons (Fsp3) is 0.471. The third kappa shape index (κ3) is 19.9. The summed E-state index contributed by atoms with van der Waals surface area (Å²) in [4.78, 5) is 0. The third-order valence-electron chi connectivity index (χ3n) is 14.3. The standard InChI is InChI=1S/C68H92O2P2/c1-3-5-7-9-11-13-15-17-19-21-23-25-27-41-57-69-63-53-43-55-65(71(59-45-33-29-34-46-59)60-47-35-30-36-48-60)67(63)68-64(70-58-42-28-26-24-22-20-18-16-14-12-10-8-6-4-2)54-44-56-66(68)72(61-49-37-31-38-50-61)62-51-39-32-40-52-62/h29-40,43-56H,3-28,41-42,57-58H2,1-2H3. The lowest BCUT2D eigenvalue weighted by Crippen LogP contribution is -2.26. The second-order valence-electron chi connectivity index (χ2n) is 20.2. The highest BCUT2D eigenvalue weighted by Gasteiger charge is 2.30. The van der Waals surface area contributed by atoms with E-state index >= 15 is 0 Å². The molecule has 0 aliphatic heterocycles. The molecule has 6 aromatic rings. The summed E-state index contributed by atoms with van der Waals surface area (Å²) in [5, 5.41) is 7.95. The average molecular weight is 1000 g/mol. The van der Waals surface area contributed by atoms with E-state index in [0.717, 1.165) is 24.3 Å². The molecule has 0 bridgehead atoms. The molecule has 4 heteroatoms. The Morgan fingerprint density at radius 1 is 0.250 bits per heavy atom. The second-order valence-corrected chi connectivity index (χ2v) is 24.6. The van der Waals surface area contributed by atoms with Crippen molar-refractivity contribution in [2.45, 2.75) is 194 Å². The Bertz CT molecular complexity index is 2020. The van der Waals surface area contributed by atoms with Crippen LogP contribution in [0.1, 0.15) is 194 Å². The molecule has 0 unspecified atom stereocenters. The molecule has 2 nitrogen and oxygen atoms in total. The highest BCUT2D eigenvalue weighted by molar-refractivity contribution is 7.80. The van der Waals surface area contributed by atoms with Gasteiger partial charge in [-0.1, -0.05) is 326 Å². The first-order valence-corrected chi connectivity index (χ1v) is 31.8. The molecule has 0 atom stereocenters. The van der Waals surface area contributed by atoms with E-state index in [0.29, 0.717) is 13.2 Å². The molecule has 0 saturated carbocycles. The predicted octanol–water partition coefficient (Wildman–Crippen LogP) is 18.6. The Morgan fingerprint density at radius 3 is 0.736 bits per heavy atom. The Kier molecular flexibility index (Phi) is 28.4. The lowest BCUT2D eigenvalue weighted by molar-refractivity contribution is 0.301. The minimum absolute atomic E-state index is 0.701. The fourth-order valence-electron chi connectivity index (χ4n) is 10.3. The Balaban J connectivity index is 1.25. The molecule has 0 saturated heterocycles. The van der Waals surface area contributed by atoms with Crippen LogP contribution in [-0.2, 0) is 0 Å². The molecule has 0 radical (unpaired) electrons. The van der Waals surface area contributed by atoms with Crippen LogP contribution in [0.2, 0.25) is 0 Å². The number of benzene rings is 6. The van der Waals surface area contributed by atoms with Gasteiger partial charge in [-0.2, -0.15) is 0 Å². The monoisotopic (exact) mass is 1000 g/mol. The highest BCUT2D eigenvalue weighted by atomic mass is 31.1. The van der Waals surface area contributed by atoms with Crippen molar-refractivity contribution >= 4 is 47.7 Å². The third-order valence-corrected chi connectivity index (χ3v) is 19.3. The number of rotatable bonds is 39. The molecule has 0 N–H and O–H groups in total. The van der Waals surface area contributed by atoms with E-state index in [1.165, 1.54) is 210 Å². The van der Waals surface area contributed by atoms with Crippen molar-refractivity contribution in [3.8, 4) is 22.6 Å². The molecular weight excluding hydrogens is 911 g/mol. The maximum Gasteiger partial charge on any atom is 0.127 e. The lowest BCUT2D eigenvalue weighted by atomic mass is 10.0. The van der Waals surface area contributed by atoms with Crippen molar-refractivity contribution in [2.24, 2.45) is 0 Å². The van der Waals surface area contributed by atoms with Crippen LogP contribution in [0.4, 0.5) is 0 Å². The summed E-state index contributed by atoms with van der Waals surface area (Å²) in [5.74, 6) is 1.93. The van der Waals surface area contributed by atoms with Crippen LogP contribution in [-0.4, -0.2) is 13.2 Å². The molecule has 0 spiro atoms. The zero-order valence-corrected chi connectivity index (χ0v) is 46.7. The molecule has 6 aromatic carbocycles. The van der Waals surface area contributed by atoms with Gasteiger partial charge < -0.3 is 9.47 Å². The molecule has 386 valence electrons. The topological polar surface area (TPSA) is 18.5 Å². The fourth-order valence-corrected chi connectivity index (χ4v) is 15.2. The van der Waals surface area contributed by atoms with Crippen molar-refractivity contribution in [2.75, 3.05) is 13.2 Å². The van der Waals surface area contributed by atoms with E-state index in [2.05, 4.69) is 172 Å².